The van der Waals surface area contributed by atoms with Gasteiger partial charge in [0, 0.05) is 12.4 Å². The Balaban J connectivity index is 2.12. The molecule has 126 valence electrons. The van der Waals surface area contributed by atoms with Crippen LogP contribution in [0.4, 0.5) is 0 Å². The number of rotatable bonds is 4. The summed E-state index contributed by atoms with van der Waals surface area (Å²) in [6, 6.07) is 11.1. The Kier molecular flexibility index (Phi) is 4.84. The fourth-order valence-electron chi connectivity index (χ4n) is 2.36. The summed E-state index contributed by atoms with van der Waals surface area (Å²) in [7, 11) is 0. The number of aryl methyl sites for hydroxylation is 2. The molecule has 5 heteroatoms. The molecule has 0 amide bonds. The molecular formula is C20H19N3O2. The fraction of sp³-hybridized carbons (Fsp3) is 0.200. The highest BCUT2D eigenvalue weighted by Gasteiger charge is 2.14. The largest absolute Gasteiger partial charge is 0.462 e. The van der Waals surface area contributed by atoms with E-state index < -0.39 is 0 Å². The lowest BCUT2D eigenvalue weighted by Crippen LogP contribution is -2.06. The Morgan fingerprint density at radius 1 is 0.880 bits per heavy atom. The molecular weight excluding hydrogens is 314 g/mol. The first kappa shape index (κ1) is 16.8. The van der Waals surface area contributed by atoms with Crippen molar-refractivity contribution in [2.24, 2.45) is 0 Å². The molecule has 3 aromatic heterocycles. The summed E-state index contributed by atoms with van der Waals surface area (Å²) in [6.45, 7) is 6.04. The van der Waals surface area contributed by atoms with E-state index in [4.69, 9.17) is 4.74 Å². The Hall–Kier alpha value is -3.08. The van der Waals surface area contributed by atoms with Crippen LogP contribution in [-0.4, -0.2) is 27.5 Å². The van der Waals surface area contributed by atoms with Gasteiger partial charge in [-0.25, -0.2) is 9.78 Å². The van der Waals surface area contributed by atoms with Gasteiger partial charge in [0.2, 0.25) is 0 Å². The highest BCUT2D eigenvalue weighted by atomic mass is 16.5. The number of ether oxygens (including phenoxy) is 1. The second-order valence-electron chi connectivity index (χ2n) is 5.79. The molecule has 0 fully saturated rings. The molecule has 0 saturated carbocycles. The van der Waals surface area contributed by atoms with Crippen LogP contribution < -0.4 is 0 Å². The van der Waals surface area contributed by atoms with E-state index in [1.165, 1.54) is 0 Å². The third kappa shape index (κ3) is 3.88. The summed E-state index contributed by atoms with van der Waals surface area (Å²) in [5, 5.41) is 0. The molecule has 3 aromatic rings. The Labute approximate surface area is 146 Å². The lowest BCUT2D eigenvalue weighted by Gasteiger charge is -2.09. The average molecular weight is 333 g/mol. The first-order valence-corrected chi connectivity index (χ1v) is 8.12. The molecule has 0 aliphatic carbocycles. The van der Waals surface area contributed by atoms with Gasteiger partial charge in [-0.1, -0.05) is 12.1 Å². The van der Waals surface area contributed by atoms with Crippen LogP contribution in [0.2, 0.25) is 0 Å². The van der Waals surface area contributed by atoms with Crippen molar-refractivity contribution in [2.45, 2.75) is 20.8 Å². The summed E-state index contributed by atoms with van der Waals surface area (Å²) >= 11 is 0. The normalized spacial score (nSPS) is 10.5. The van der Waals surface area contributed by atoms with Gasteiger partial charge < -0.3 is 4.74 Å². The molecule has 25 heavy (non-hydrogen) atoms. The van der Waals surface area contributed by atoms with Gasteiger partial charge in [0.1, 0.15) is 0 Å². The summed E-state index contributed by atoms with van der Waals surface area (Å²) in [5.41, 5.74) is 5.18. The van der Waals surface area contributed by atoms with Crippen LogP contribution in [0.3, 0.4) is 0 Å². The molecule has 0 unspecified atom stereocenters. The fourth-order valence-corrected chi connectivity index (χ4v) is 2.36. The SMILES string of the molecule is CCOC(=O)c1cc(-c2ccc(C)cn2)nc(-c2ccc(C)cn2)c1. The van der Waals surface area contributed by atoms with Gasteiger partial charge in [-0.15, -0.1) is 0 Å². The van der Waals surface area contributed by atoms with E-state index >= 15 is 0 Å². The number of carbonyl (C=O) groups excluding carboxylic acids is 1. The zero-order valence-electron chi connectivity index (χ0n) is 14.5. The third-order valence-corrected chi connectivity index (χ3v) is 3.68. The molecule has 0 N–H and O–H groups in total. The van der Waals surface area contributed by atoms with Crippen LogP contribution in [0.5, 0.6) is 0 Å². The van der Waals surface area contributed by atoms with E-state index in [0.717, 1.165) is 11.1 Å². The predicted octanol–water partition coefficient (Wildman–Crippen LogP) is 4.00. The Morgan fingerprint density at radius 3 is 1.80 bits per heavy atom. The highest BCUT2D eigenvalue weighted by molar-refractivity contribution is 5.91. The predicted molar refractivity (Wildman–Crippen MR) is 96.1 cm³/mol. The molecule has 0 bridgehead atoms. The number of pyridine rings is 3. The van der Waals surface area contributed by atoms with Gasteiger partial charge in [0.15, 0.2) is 0 Å². The van der Waals surface area contributed by atoms with Gasteiger partial charge in [0.05, 0.1) is 34.9 Å². The summed E-state index contributed by atoms with van der Waals surface area (Å²) in [4.78, 5) is 25.7. The van der Waals surface area contributed by atoms with Crippen LogP contribution >= 0.6 is 0 Å². The van der Waals surface area contributed by atoms with Crippen molar-refractivity contribution in [1.82, 2.24) is 15.0 Å². The third-order valence-electron chi connectivity index (χ3n) is 3.68. The first-order valence-electron chi connectivity index (χ1n) is 8.12. The van der Waals surface area contributed by atoms with E-state index in [1.807, 2.05) is 38.1 Å². The quantitative estimate of drug-likeness (QED) is 0.675. The Bertz CT molecular complexity index is 824. The van der Waals surface area contributed by atoms with E-state index in [1.54, 1.807) is 31.5 Å². The van der Waals surface area contributed by atoms with Crippen LogP contribution in [0.15, 0.2) is 48.8 Å². The number of carbonyl (C=O) groups is 1. The molecule has 0 spiro atoms. The minimum absolute atomic E-state index is 0.317. The summed E-state index contributed by atoms with van der Waals surface area (Å²) in [5.74, 6) is -0.383. The van der Waals surface area contributed by atoms with E-state index in [2.05, 4.69) is 15.0 Å². The van der Waals surface area contributed by atoms with Gasteiger partial charge in [-0.05, 0) is 56.2 Å². The van der Waals surface area contributed by atoms with E-state index in [-0.39, 0.29) is 5.97 Å². The smallest absolute Gasteiger partial charge is 0.338 e. The Morgan fingerprint density at radius 2 is 1.40 bits per heavy atom. The summed E-state index contributed by atoms with van der Waals surface area (Å²) in [6.07, 6.45) is 3.55. The van der Waals surface area contributed by atoms with Crippen molar-refractivity contribution >= 4 is 5.97 Å². The van der Waals surface area contributed by atoms with Crippen LogP contribution in [-0.2, 0) is 4.74 Å². The van der Waals surface area contributed by atoms with E-state index in [9.17, 15) is 4.79 Å². The molecule has 0 aliphatic rings. The van der Waals surface area contributed by atoms with Crippen molar-refractivity contribution in [3.8, 4) is 22.8 Å². The molecule has 0 saturated heterocycles. The second-order valence-corrected chi connectivity index (χ2v) is 5.79. The van der Waals surface area contributed by atoms with Crippen LogP contribution in [0.1, 0.15) is 28.4 Å². The van der Waals surface area contributed by atoms with Crippen molar-refractivity contribution < 1.29 is 9.53 Å². The summed E-state index contributed by atoms with van der Waals surface area (Å²) < 4.78 is 5.14. The molecule has 0 atom stereocenters. The van der Waals surface area contributed by atoms with Crippen molar-refractivity contribution in [1.29, 1.82) is 0 Å². The molecule has 3 heterocycles. The topological polar surface area (TPSA) is 65.0 Å². The van der Waals surface area contributed by atoms with Crippen molar-refractivity contribution in [3.05, 3.63) is 65.5 Å². The van der Waals surface area contributed by atoms with Crippen LogP contribution in [0.25, 0.3) is 22.8 Å². The highest BCUT2D eigenvalue weighted by Crippen LogP contribution is 2.23. The number of hydrogen-bond donors (Lipinski definition) is 0. The number of aromatic nitrogens is 3. The standard InChI is InChI=1S/C20H19N3O2/c1-4-25-20(24)15-9-18(16-7-5-13(2)11-21-16)23-19(10-15)17-8-6-14(3)12-22-17/h5-12H,4H2,1-3H3. The first-order chi connectivity index (χ1) is 12.1. The minimum atomic E-state index is -0.383. The molecule has 0 radical (unpaired) electrons. The maximum absolute atomic E-state index is 12.2. The minimum Gasteiger partial charge on any atom is -0.462 e. The van der Waals surface area contributed by atoms with E-state index in [0.29, 0.717) is 34.9 Å². The zero-order valence-corrected chi connectivity index (χ0v) is 14.5. The number of nitrogens with zero attached hydrogens (tertiary/aromatic N) is 3. The van der Waals surface area contributed by atoms with Gasteiger partial charge in [-0.2, -0.15) is 0 Å². The number of hydrogen-bond acceptors (Lipinski definition) is 5. The maximum Gasteiger partial charge on any atom is 0.338 e. The average Bonchev–Trinajstić information content (AvgIpc) is 2.63. The molecule has 0 aliphatic heterocycles. The van der Waals surface area contributed by atoms with Crippen molar-refractivity contribution in [2.75, 3.05) is 6.61 Å². The van der Waals surface area contributed by atoms with Gasteiger partial charge >= 0.3 is 5.97 Å². The molecule has 0 aromatic carbocycles. The second kappa shape index (κ2) is 7.21. The molecule has 3 rings (SSSR count). The zero-order chi connectivity index (χ0) is 17.8. The monoisotopic (exact) mass is 333 g/mol. The lowest BCUT2D eigenvalue weighted by molar-refractivity contribution is 0.0526. The lowest BCUT2D eigenvalue weighted by atomic mass is 10.1. The van der Waals surface area contributed by atoms with Crippen LogP contribution in [0, 0.1) is 13.8 Å². The number of esters is 1. The van der Waals surface area contributed by atoms with Gasteiger partial charge in [0.25, 0.3) is 0 Å². The molecule has 5 nitrogen and oxygen atoms in total. The van der Waals surface area contributed by atoms with Crippen molar-refractivity contribution in [3.63, 3.8) is 0 Å². The van der Waals surface area contributed by atoms with Gasteiger partial charge in [-0.3, -0.25) is 9.97 Å². The maximum atomic E-state index is 12.2.